The number of nitrogens with one attached hydrogen (secondary N) is 2. The van der Waals surface area contributed by atoms with Gasteiger partial charge in [-0.05, 0) is 54.3 Å². The van der Waals surface area contributed by atoms with E-state index in [-0.39, 0.29) is 23.6 Å². The Labute approximate surface area is 226 Å². The van der Waals surface area contributed by atoms with Crippen LogP contribution in [0.1, 0.15) is 49.4 Å². The van der Waals surface area contributed by atoms with Crippen molar-refractivity contribution in [2.75, 3.05) is 11.1 Å². The summed E-state index contributed by atoms with van der Waals surface area (Å²) in [6.45, 7) is 6.78. The van der Waals surface area contributed by atoms with Crippen LogP contribution >= 0.6 is 23.4 Å². The molecule has 4 rings (SSSR count). The molecular weight excluding hydrogens is 506 g/mol. The molecule has 0 fully saturated rings. The number of thioether (sulfide) groups is 1. The van der Waals surface area contributed by atoms with Crippen molar-refractivity contribution in [1.82, 2.24) is 20.1 Å². The number of amides is 2. The Morgan fingerprint density at radius 3 is 2.46 bits per heavy atom. The maximum Gasteiger partial charge on any atom is 0.253 e. The Balaban J connectivity index is 1.46. The predicted molar refractivity (Wildman–Crippen MR) is 150 cm³/mol. The standard InChI is InChI=1S/C28H30ClN5O2S/c1-4-34-26(24(15-18(2)3)31-27(36)22-11-7-8-12-23(22)29)32-33-28(34)37-17-25(35)30-21-14-13-19-9-5-6-10-20(19)16-21/h5-14,16,18,24H,4,15,17H2,1-3H3,(H,30,35)(H,31,36)/t24-/m1/s1. The number of benzene rings is 3. The molecule has 1 atom stereocenters. The Hall–Kier alpha value is -3.36. The van der Waals surface area contributed by atoms with Gasteiger partial charge >= 0.3 is 0 Å². The summed E-state index contributed by atoms with van der Waals surface area (Å²) in [5.41, 5.74) is 1.17. The van der Waals surface area contributed by atoms with Gasteiger partial charge in [-0.15, -0.1) is 10.2 Å². The Morgan fingerprint density at radius 1 is 1.00 bits per heavy atom. The largest absolute Gasteiger partial charge is 0.342 e. The molecule has 3 aromatic carbocycles. The summed E-state index contributed by atoms with van der Waals surface area (Å²) in [6, 6.07) is 20.5. The monoisotopic (exact) mass is 535 g/mol. The van der Waals surface area contributed by atoms with Gasteiger partial charge in [0.2, 0.25) is 5.91 Å². The molecule has 2 N–H and O–H groups in total. The van der Waals surface area contributed by atoms with E-state index in [0.717, 1.165) is 16.5 Å². The molecule has 1 heterocycles. The summed E-state index contributed by atoms with van der Waals surface area (Å²) >= 11 is 7.56. The van der Waals surface area contributed by atoms with E-state index < -0.39 is 0 Å². The first-order valence-electron chi connectivity index (χ1n) is 12.3. The van der Waals surface area contributed by atoms with E-state index >= 15 is 0 Å². The predicted octanol–water partition coefficient (Wildman–Crippen LogP) is 6.35. The number of hydrogen-bond donors (Lipinski definition) is 2. The number of carbonyl (C=O) groups excluding carboxylic acids is 2. The molecule has 0 unspecified atom stereocenters. The molecular formula is C28H30ClN5O2S. The Bertz CT molecular complexity index is 1400. The van der Waals surface area contributed by atoms with Crippen LogP contribution in [0.2, 0.25) is 5.02 Å². The normalized spacial score (nSPS) is 12.0. The molecule has 0 bridgehead atoms. The van der Waals surface area contributed by atoms with Gasteiger partial charge in [-0.25, -0.2) is 0 Å². The molecule has 0 spiro atoms. The number of nitrogens with zero attached hydrogens (tertiary/aromatic N) is 3. The van der Waals surface area contributed by atoms with Crippen molar-refractivity contribution in [3.63, 3.8) is 0 Å². The van der Waals surface area contributed by atoms with Crippen molar-refractivity contribution >= 4 is 51.6 Å². The Kier molecular flexibility index (Phi) is 8.84. The lowest BCUT2D eigenvalue weighted by atomic mass is 10.0. The quantitative estimate of drug-likeness (QED) is 0.231. The van der Waals surface area contributed by atoms with Gasteiger partial charge in [-0.2, -0.15) is 0 Å². The summed E-state index contributed by atoms with van der Waals surface area (Å²) < 4.78 is 1.95. The average molecular weight is 536 g/mol. The van der Waals surface area contributed by atoms with Gasteiger partial charge in [0.05, 0.1) is 22.4 Å². The van der Waals surface area contributed by atoms with Gasteiger partial charge in [-0.1, -0.05) is 79.7 Å². The SMILES string of the molecule is CCn1c(SCC(=O)Nc2ccc3ccccc3c2)nnc1[C@@H](CC(C)C)NC(=O)c1ccccc1Cl. The highest BCUT2D eigenvalue weighted by molar-refractivity contribution is 7.99. The van der Waals surface area contributed by atoms with Gasteiger partial charge < -0.3 is 15.2 Å². The lowest BCUT2D eigenvalue weighted by Gasteiger charge is -2.21. The van der Waals surface area contributed by atoms with E-state index in [1.54, 1.807) is 24.3 Å². The first-order chi connectivity index (χ1) is 17.9. The minimum absolute atomic E-state index is 0.127. The molecule has 37 heavy (non-hydrogen) atoms. The van der Waals surface area contributed by atoms with Crippen LogP contribution in [-0.2, 0) is 11.3 Å². The summed E-state index contributed by atoms with van der Waals surface area (Å²) in [4.78, 5) is 25.7. The third-order valence-electron chi connectivity index (χ3n) is 5.87. The van der Waals surface area contributed by atoms with Crippen LogP contribution < -0.4 is 10.6 Å². The highest BCUT2D eigenvalue weighted by Crippen LogP contribution is 2.26. The molecule has 2 amide bonds. The summed E-state index contributed by atoms with van der Waals surface area (Å²) in [5, 5.41) is 18.0. The maximum absolute atomic E-state index is 13.0. The molecule has 0 radical (unpaired) electrons. The van der Waals surface area contributed by atoms with Crippen molar-refractivity contribution in [2.24, 2.45) is 5.92 Å². The molecule has 9 heteroatoms. The zero-order chi connectivity index (χ0) is 26.4. The number of rotatable bonds is 10. The smallest absolute Gasteiger partial charge is 0.253 e. The Morgan fingerprint density at radius 2 is 1.73 bits per heavy atom. The van der Waals surface area contributed by atoms with Crippen LogP contribution in [0, 0.1) is 5.92 Å². The van der Waals surface area contributed by atoms with E-state index in [1.165, 1.54) is 11.8 Å². The lowest BCUT2D eigenvalue weighted by molar-refractivity contribution is -0.113. The van der Waals surface area contributed by atoms with E-state index in [2.05, 4.69) is 34.7 Å². The van der Waals surface area contributed by atoms with Crippen molar-refractivity contribution in [3.05, 3.63) is 83.1 Å². The second-order valence-electron chi connectivity index (χ2n) is 9.12. The van der Waals surface area contributed by atoms with Crippen LogP contribution in [0.4, 0.5) is 5.69 Å². The third kappa shape index (κ3) is 6.70. The highest BCUT2D eigenvalue weighted by atomic mass is 35.5. The molecule has 7 nitrogen and oxygen atoms in total. The number of anilines is 1. The average Bonchev–Trinajstić information content (AvgIpc) is 3.30. The minimum atomic E-state index is -0.350. The van der Waals surface area contributed by atoms with Crippen LogP contribution in [0.3, 0.4) is 0 Å². The summed E-state index contributed by atoms with van der Waals surface area (Å²) in [6.07, 6.45) is 0.682. The fourth-order valence-corrected chi connectivity index (χ4v) is 5.17. The fourth-order valence-electron chi connectivity index (χ4n) is 4.14. The maximum atomic E-state index is 13.0. The summed E-state index contributed by atoms with van der Waals surface area (Å²) in [7, 11) is 0. The highest BCUT2D eigenvalue weighted by Gasteiger charge is 2.25. The van der Waals surface area contributed by atoms with Crippen LogP contribution in [-0.4, -0.2) is 32.3 Å². The molecule has 0 aliphatic rings. The number of aromatic nitrogens is 3. The van der Waals surface area contributed by atoms with Crippen molar-refractivity contribution in [3.8, 4) is 0 Å². The van der Waals surface area contributed by atoms with Crippen LogP contribution in [0.5, 0.6) is 0 Å². The third-order valence-corrected chi connectivity index (χ3v) is 7.17. The van der Waals surface area contributed by atoms with E-state index in [1.807, 2.05) is 54.0 Å². The van der Waals surface area contributed by atoms with Crippen LogP contribution in [0.15, 0.2) is 71.9 Å². The van der Waals surface area contributed by atoms with Crippen molar-refractivity contribution < 1.29 is 9.59 Å². The number of fused-ring (bicyclic) bond motifs is 1. The molecule has 0 aliphatic carbocycles. The molecule has 0 saturated carbocycles. The molecule has 0 aliphatic heterocycles. The van der Waals surface area contributed by atoms with Crippen molar-refractivity contribution in [2.45, 2.75) is 44.9 Å². The van der Waals surface area contributed by atoms with E-state index in [0.29, 0.717) is 40.5 Å². The second kappa shape index (κ2) is 12.3. The lowest BCUT2D eigenvalue weighted by Crippen LogP contribution is -2.31. The van der Waals surface area contributed by atoms with E-state index in [4.69, 9.17) is 11.6 Å². The molecule has 4 aromatic rings. The first kappa shape index (κ1) is 26.7. The fraction of sp³-hybridized carbons (Fsp3) is 0.286. The topological polar surface area (TPSA) is 88.9 Å². The van der Waals surface area contributed by atoms with Crippen molar-refractivity contribution in [1.29, 1.82) is 0 Å². The van der Waals surface area contributed by atoms with Gasteiger partial charge in [-0.3, -0.25) is 9.59 Å². The molecule has 1 aromatic heterocycles. The minimum Gasteiger partial charge on any atom is -0.342 e. The molecule has 0 saturated heterocycles. The first-order valence-corrected chi connectivity index (χ1v) is 13.6. The van der Waals surface area contributed by atoms with E-state index in [9.17, 15) is 9.59 Å². The van der Waals surface area contributed by atoms with Gasteiger partial charge in [0.1, 0.15) is 0 Å². The summed E-state index contributed by atoms with van der Waals surface area (Å²) in [5.74, 6) is 0.770. The number of carbonyl (C=O) groups is 2. The van der Waals surface area contributed by atoms with Gasteiger partial charge in [0.15, 0.2) is 11.0 Å². The number of halogens is 1. The van der Waals surface area contributed by atoms with Gasteiger partial charge in [0.25, 0.3) is 5.91 Å². The van der Waals surface area contributed by atoms with Gasteiger partial charge in [0, 0.05) is 12.2 Å². The zero-order valence-electron chi connectivity index (χ0n) is 21.1. The molecule has 192 valence electrons. The number of hydrogen-bond acceptors (Lipinski definition) is 5. The second-order valence-corrected chi connectivity index (χ2v) is 10.5. The zero-order valence-corrected chi connectivity index (χ0v) is 22.6. The van der Waals surface area contributed by atoms with Crippen LogP contribution in [0.25, 0.3) is 10.8 Å².